The van der Waals surface area contributed by atoms with Gasteiger partial charge in [0.25, 0.3) is 5.91 Å². The number of hydrogen-bond donors (Lipinski definition) is 1. The maximum absolute atomic E-state index is 12.1. The summed E-state index contributed by atoms with van der Waals surface area (Å²) in [6, 6.07) is 15.3. The number of alkyl halides is 1. The summed E-state index contributed by atoms with van der Waals surface area (Å²) in [5.41, 5.74) is 2.69. The molecule has 0 bridgehead atoms. The minimum atomic E-state index is -0.115. The summed E-state index contributed by atoms with van der Waals surface area (Å²) in [5, 5.41) is 3.48. The van der Waals surface area contributed by atoms with Crippen molar-refractivity contribution in [3.63, 3.8) is 0 Å². The maximum Gasteiger partial charge on any atom is 0.251 e. The van der Waals surface area contributed by atoms with Crippen LogP contribution in [0.5, 0.6) is 0 Å². The number of rotatable bonds is 4. The van der Waals surface area contributed by atoms with Gasteiger partial charge in [-0.05, 0) is 36.2 Å². The molecule has 1 unspecified atom stereocenters. The lowest BCUT2D eigenvalue weighted by Crippen LogP contribution is -2.26. The molecule has 0 radical (unpaired) electrons. The molecule has 2 aromatic rings. The fraction of sp³-hybridized carbons (Fsp3) is 0.188. The SMILES string of the molecule is Cc1cc(Cl)cc(C(=O)NCC(Br)c2ccccc2)c1. The van der Waals surface area contributed by atoms with Crippen LogP contribution < -0.4 is 5.32 Å². The number of nitrogens with one attached hydrogen (secondary N) is 1. The lowest BCUT2D eigenvalue weighted by Gasteiger charge is -2.12. The Hall–Kier alpha value is -1.32. The molecule has 0 aliphatic heterocycles. The fourth-order valence-electron chi connectivity index (χ4n) is 1.93. The van der Waals surface area contributed by atoms with Crippen LogP contribution in [0.2, 0.25) is 5.02 Å². The first-order valence-electron chi connectivity index (χ1n) is 6.30. The zero-order chi connectivity index (χ0) is 14.5. The molecule has 0 saturated heterocycles. The van der Waals surface area contributed by atoms with Crippen molar-refractivity contribution in [1.29, 1.82) is 0 Å². The van der Waals surface area contributed by atoms with Gasteiger partial charge in [-0.2, -0.15) is 0 Å². The Morgan fingerprint density at radius 1 is 1.25 bits per heavy atom. The van der Waals surface area contributed by atoms with Crippen molar-refractivity contribution in [3.05, 3.63) is 70.2 Å². The van der Waals surface area contributed by atoms with Crippen LogP contribution in [0.4, 0.5) is 0 Å². The molecule has 4 heteroatoms. The summed E-state index contributed by atoms with van der Waals surface area (Å²) >= 11 is 9.54. The molecule has 0 aliphatic rings. The summed E-state index contributed by atoms with van der Waals surface area (Å²) in [6.45, 7) is 2.44. The monoisotopic (exact) mass is 351 g/mol. The third-order valence-corrected chi connectivity index (χ3v) is 3.98. The van der Waals surface area contributed by atoms with Crippen LogP contribution in [-0.4, -0.2) is 12.5 Å². The van der Waals surface area contributed by atoms with E-state index in [9.17, 15) is 4.79 Å². The molecule has 0 fully saturated rings. The largest absolute Gasteiger partial charge is 0.351 e. The van der Waals surface area contributed by atoms with Gasteiger partial charge in [0, 0.05) is 17.1 Å². The number of halogens is 2. The van der Waals surface area contributed by atoms with E-state index in [1.807, 2.05) is 49.4 Å². The van der Waals surface area contributed by atoms with Gasteiger partial charge >= 0.3 is 0 Å². The first-order chi connectivity index (χ1) is 9.56. The molecular formula is C16H15BrClNO. The highest BCUT2D eigenvalue weighted by Gasteiger charge is 2.11. The van der Waals surface area contributed by atoms with Crippen molar-refractivity contribution in [1.82, 2.24) is 5.32 Å². The van der Waals surface area contributed by atoms with Crippen LogP contribution in [0.15, 0.2) is 48.5 Å². The van der Waals surface area contributed by atoms with Gasteiger partial charge in [0.05, 0.1) is 4.83 Å². The molecule has 2 nitrogen and oxygen atoms in total. The second-order valence-corrected chi connectivity index (χ2v) is 6.15. The van der Waals surface area contributed by atoms with Crippen LogP contribution in [0.1, 0.15) is 26.3 Å². The quantitative estimate of drug-likeness (QED) is 0.806. The lowest BCUT2D eigenvalue weighted by atomic mass is 10.1. The summed E-state index contributed by atoms with van der Waals surface area (Å²) in [4.78, 5) is 12.2. The van der Waals surface area contributed by atoms with E-state index in [1.165, 1.54) is 0 Å². The molecule has 0 aromatic heterocycles. The number of hydrogen-bond acceptors (Lipinski definition) is 1. The van der Waals surface area contributed by atoms with Crippen LogP contribution in [0.25, 0.3) is 0 Å². The smallest absolute Gasteiger partial charge is 0.251 e. The summed E-state index contributed by atoms with van der Waals surface area (Å²) in [7, 11) is 0. The zero-order valence-electron chi connectivity index (χ0n) is 11.1. The molecule has 0 aliphatic carbocycles. The number of benzene rings is 2. The van der Waals surface area contributed by atoms with E-state index in [0.717, 1.165) is 11.1 Å². The van der Waals surface area contributed by atoms with Crippen LogP contribution in [0, 0.1) is 6.92 Å². The third-order valence-electron chi connectivity index (χ3n) is 2.91. The zero-order valence-corrected chi connectivity index (χ0v) is 13.4. The summed E-state index contributed by atoms with van der Waals surface area (Å²) in [6.07, 6.45) is 0. The Morgan fingerprint density at radius 3 is 2.60 bits per heavy atom. The Bertz CT molecular complexity index is 580. The van der Waals surface area contributed by atoms with Crippen LogP contribution in [0.3, 0.4) is 0 Å². The molecule has 104 valence electrons. The van der Waals surface area contributed by atoms with Gasteiger partial charge in [-0.1, -0.05) is 57.9 Å². The van der Waals surface area contributed by atoms with E-state index in [0.29, 0.717) is 17.1 Å². The van der Waals surface area contributed by atoms with Crippen LogP contribution in [-0.2, 0) is 0 Å². The molecule has 2 rings (SSSR count). The Balaban J connectivity index is 1.98. The number of carbonyl (C=O) groups excluding carboxylic acids is 1. The number of aryl methyl sites for hydroxylation is 1. The van der Waals surface area contributed by atoms with Gasteiger partial charge in [0.15, 0.2) is 0 Å². The van der Waals surface area contributed by atoms with Crippen molar-refractivity contribution >= 4 is 33.4 Å². The van der Waals surface area contributed by atoms with E-state index in [2.05, 4.69) is 21.2 Å². The second kappa shape index (κ2) is 6.91. The van der Waals surface area contributed by atoms with Crippen molar-refractivity contribution in [2.45, 2.75) is 11.8 Å². The van der Waals surface area contributed by atoms with Crippen molar-refractivity contribution in [2.75, 3.05) is 6.54 Å². The Morgan fingerprint density at radius 2 is 1.95 bits per heavy atom. The molecule has 1 amide bonds. The van der Waals surface area contributed by atoms with E-state index in [1.54, 1.807) is 6.07 Å². The topological polar surface area (TPSA) is 29.1 Å². The predicted octanol–water partition coefficient (Wildman–Crippen LogP) is 4.51. The van der Waals surface area contributed by atoms with Gasteiger partial charge in [-0.3, -0.25) is 4.79 Å². The average Bonchev–Trinajstić information content (AvgIpc) is 2.44. The first kappa shape index (κ1) is 15.1. The molecule has 1 atom stereocenters. The highest BCUT2D eigenvalue weighted by Crippen LogP contribution is 2.21. The van der Waals surface area contributed by atoms with Gasteiger partial charge < -0.3 is 5.32 Å². The predicted molar refractivity (Wildman–Crippen MR) is 86.6 cm³/mol. The van der Waals surface area contributed by atoms with Crippen LogP contribution >= 0.6 is 27.5 Å². The fourth-order valence-corrected chi connectivity index (χ4v) is 2.69. The third kappa shape index (κ3) is 4.09. The molecule has 0 spiro atoms. The molecule has 0 heterocycles. The number of amides is 1. The van der Waals surface area contributed by atoms with E-state index >= 15 is 0 Å². The summed E-state index contributed by atoms with van der Waals surface area (Å²) < 4.78 is 0. The molecular weight excluding hydrogens is 338 g/mol. The maximum atomic E-state index is 12.1. The van der Waals surface area contributed by atoms with Crippen molar-refractivity contribution in [2.24, 2.45) is 0 Å². The average molecular weight is 353 g/mol. The highest BCUT2D eigenvalue weighted by atomic mass is 79.9. The lowest BCUT2D eigenvalue weighted by molar-refractivity contribution is 0.0954. The van der Waals surface area contributed by atoms with E-state index < -0.39 is 0 Å². The molecule has 0 saturated carbocycles. The van der Waals surface area contributed by atoms with Crippen molar-refractivity contribution in [3.8, 4) is 0 Å². The van der Waals surface area contributed by atoms with Crippen molar-refractivity contribution < 1.29 is 4.79 Å². The Kier molecular flexibility index (Phi) is 5.21. The van der Waals surface area contributed by atoms with Gasteiger partial charge in [0.1, 0.15) is 0 Å². The van der Waals surface area contributed by atoms with Gasteiger partial charge in [-0.25, -0.2) is 0 Å². The van der Waals surface area contributed by atoms with Gasteiger partial charge in [0.2, 0.25) is 0 Å². The molecule has 20 heavy (non-hydrogen) atoms. The Labute approximate surface area is 132 Å². The van der Waals surface area contributed by atoms with Gasteiger partial charge in [-0.15, -0.1) is 0 Å². The van der Waals surface area contributed by atoms with E-state index in [4.69, 9.17) is 11.6 Å². The normalized spacial score (nSPS) is 11.9. The summed E-state index contributed by atoms with van der Waals surface area (Å²) in [5.74, 6) is -0.115. The first-order valence-corrected chi connectivity index (χ1v) is 7.60. The molecule has 2 aromatic carbocycles. The second-order valence-electron chi connectivity index (χ2n) is 4.61. The van der Waals surface area contributed by atoms with E-state index in [-0.39, 0.29) is 10.7 Å². The standard InChI is InChI=1S/C16H15BrClNO/c1-11-7-13(9-14(18)8-11)16(20)19-10-15(17)12-5-3-2-4-6-12/h2-9,15H,10H2,1H3,(H,19,20). The number of carbonyl (C=O) groups is 1. The minimum Gasteiger partial charge on any atom is -0.351 e. The minimum absolute atomic E-state index is 0.0907. The highest BCUT2D eigenvalue weighted by molar-refractivity contribution is 9.09. The molecule has 1 N–H and O–H groups in total.